The molecule has 0 fully saturated rings. The summed E-state index contributed by atoms with van der Waals surface area (Å²) >= 11 is 0. The molecule has 19 heavy (non-hydrogen) atoms. The zero-order valence-corrected chi connectivity index (χ0v) is 10.3. The summed E-state index contributed by atoms with van der Waals surface area (Å²) < 4.78 is 10.8. The number of fused-ring (bicyclic) bond motifs is 1. The van der Waals surface area contributed by atoms with Crippen molar-refractivity contribution in [1.82, 2.24) is 5.43 Å². The molecule has 3 N–H and O–H groups in total. The standard InChI is InChI=1S/C12H13N3O4/c1-7(14-15-12(17)11(13)16)8-2-3-9-10(6-8)19-5-4-18-9/h2-3,6H,4-5H2,1H3,(H2,13,16)(H,15,17)/b14-7+. The van der Waals surface area contributed by atoms with E-state index in [1.54, 1.807) is 25.1 Å². The second-order valence-corrected chi connectivity index (χ2v) is 3.86. The molecule has 1 aromatic rings. The van der Waals surface area contributed by atoms with E-state index in [0.717, 1.165) is 5.56 Å². The number of hydrogen-bond donors (Lipinski definition) is 2. The highest BCUT2D eigenvalue weighted by Gasteiger charge is 2.13. The van der Waals surface area contributed by atoms with Gasteiger partial charge in [-0.1, -0.05) is 0 Å². The Morgan fingerprint density at radius 2 is 1.95 bits per heavy atom. The summed E-state index contributed by atoms with van der Waals surface area (Å²) in [5, 5.41) is 3.78. The van der Waals surface area contributed by atoms with Crippen LogP contribution in [0.4, 0.5) is 0 Å². The molecule has 7 heteroatoms. The third kappa shape index (κ3) is 3.01. The number of benzene rings is 1. The van der Waals surface area contributed by atoms with Crippen molar-refractivity contribution in [3.05, 3.63) is 23.8 Å². The number of nitrogens with one attached hydrogen (secondary N) is 1. The van der Waals surface area contributed by atoms with Crippen molar-refractivity contribution in [2.75, 3.05) is 13.2 Å². The molecule has 1 aliphatic rings. The van der Waals surface area contributed by atoms with Gasteiger partial charge in [0.25, 0.3) is 0 Å². The van der Waals surface area contributed by atoms with E-state index in [1.807, 2.05) is 0 Å². The Balaban J connectivity index is 2.15. The van der Waals surface area contributed by atoms with Crippen molar-refractivity contribution in [3.63, 3.8) is 0 Å². The van der Waals surface area contributed by atoms with Crippen molar-refractivity contribution in [2.45, 2.75) is 6.92 Å². The van der Waals surface area contributed by atoms with Crippen LogP contribution in [0.15, 0.2) is 23.3 Å². The van der Waals surface area contributed by atoms with Gasteiger partial charge in [-0.2, -0.15) is 5.10 Å². The molecule has 2 amide bonds. The van der Waals surface area contributed by atoms with Gasteiger partial charge >= 0.3 is 11.8 Å². The third-order valence-electron chi connectivity index (χ3n) is 2.51. The minimum Gasteiger partial charge on any atom is -0.486 e. The lowest BCUT2D eigenvalue weighted by molar-refractivity contribution is -0.137. The van der Waals surface area contributed by atoms with Gasteiger partial charge in [0.1, 0.15) is 13.2 Å². The molecule has 100 valence electrons. The van der Waals surface area contributed by atoms with Gasteiger partial charge in [0, 0.05) is 5.56 Å². The average Bonchev–Trinajstić information content (AvgIpc) is 2.43. The maximum atomic E-state index is 11.0. The number of rotatable bonds is 2. The lowest BCUT2D eigenvalue weighted by Crippen LogP contribution is -2.33. The van der Waals surface area contributed by atoms with Gasteiger partial charge in [-0.25, -0.2) is 5.43 Å². The number of hydrogen-bond acceptors (Lipinski definition) is 5. The van der Waals surface area contributed by atoms with Gasteiger partial charge in [0.05, 0.1) is 5.71 Å². The Hall–Kier alpha value is -2.57. The molecule has 0 radical (unpaired) electrons. The molecule has 0 bridgehead atoms. The highest BCUT2D eigenvalue weighted by Crippen LogP contribution is 2.30. The van der Waals surface area contributed by atoms with Crippen LogP contribution in [0.3, 0.4) is 0 Å². The molecule has 7 nitrogen and oxygen atoms in total. The maximum absolute atomic E-state index is 11.0. The van der Waals surface area contributed by atoms with E-state index in [9.17, 15) is 9.59 Å². The largest absolute Gasteiger partial charge is 0.486 e. The molecule has 0 unspecified atom stereocenters. The first-order valence-electron chi connectivity index (χ1n) is 5.62. The number of amides is 2. The number of hydrazone groups is 1. The summed E-state index contributed by atoms with van der Waals surface area (Å²) in [4.78, 5) is 21.5. The summed E-state index contributed by atoms with van der Waals surface area (Å²) in [5.74, 6) is -0.751. The zero-order chi connectivity index (χ0) is 13.8. The van der Waals surface area contributed by atoms with Crippen LogP contribution in [0.1, 0.15) is 12.5 Å². The molecule has 1 aromatic carbocycles. The van der Waals surface area contributed by atoms with Gasteiger partial charge in [-0.05, 0) is 25.1 Å². The van der Waals surface area contributed by atoms with Crippen LogP contribution < -0.4 is 20.6 Å². The van der Waals surface area contributed by atoms with Crippen LogP contribution in [0.5, 0.6) is 11.5 Å². The van der Waals surface area contributed by atoms with Crippen LogP contribution in [0, 0.1) is 0 Å². The molecular formula is C12H13N3O4. The number of nitrogens with two attached hydrogens (primary N) is 1. The van der Waals surface area contributed by atoms with E-state index in [4.69, 9.17) is 15.2 Å². The zero-order valence-electron chi connectivity index (χ0n) is 10.3. The Morgan fingerprint density at radius 3 is 2.63 bits per heavy atom. The topological polar surface area (TPSA) is 103 Å². The second kappa shape index (κ2) is 5.38. The van der Waals surface area contributed by atoms with Crippen molar-refractivity contribution >= 4 is 17.5 Å². The van der Waals surface area contributed by atoms with Crippen molar-refractivity contribution in [2.24, 2.45) is 10.8 Å². The molecule has 1 aliphatic heterocycles. The number of primary amides is 1. The quantitative estimate of drug-likeness (QED) is 0.437. The smallest absolute Gasteiger partial charge is 0.329 e. The SMILES string of the molecule is C/C(=N\NC(=O)C(N)=O)c1ccc2c(c1)OCCO2. The predicted molar refractivity (Wildman–Crippen MR) is 67.0 cm³/mol. The first-order valence-corrected chi connectivity index (χ1v) is 5.62. The van der Waals surface area contributed by atoms with Crippen LogP contribution in [-0.4, -0.2) is 30.7 Å². The molecule has 1 heterocycles. The summed E-state index contributed by atoms with van der Waals surface area (Å²) in [5.41, 5.74) is 8.12. The predicted octanol–water partition coefficient (Wildman–Crippen LogP) is -0.217. The van der Waals surface area contributed by atoms with Gasteiger partial charge in [0.15, 0.2) is 11.5 Å². The summed E-state index contributed by atoms with van der Waals surface area (Å²) in [7, 11) is 0. The highest BCUT2D eigenvalue weighted by atomic mass is 16.6. The Labute approximate surface area is 109 Å². The van der Waals surface area contributed by atoms with Gasteiger partial charge in [0.2, 0.25) is 0 Å². The number of nitrogens with zero attached hydrogens (tertiary/aromatic N) is 1. The van der Waals surface area contributed by atoms with E-state index in [1.165, 1.54) is 0 Å². The molecule has 2 rings (SSSR count). The number of ether oxygens (including phenoxy) is 2. The fourth-order valence-corrected chi connectivity index (χ4v) is 1.52. The van der Waals surface area contributed by atoms with Crippen LogP contribution in [0.25, 0.3) is 0 Å². The second-order valence-electron chi connectivity index (χ2n) is 3.86. The molecule has 0 atom stereocenters. The van der Waals surface area contributed by atoms with Crippen molar-refractivity contribution < 1.29 is 19.1 Å². The molecule has 0 saturated heterocycles. The number of carbonyl (C=O) groups is 2. The van der Waals surface area contributed by atoms with Crippen molar-refractivity contribution in [3.8, 4) is 11.5 Å². The molecule has 0 aromatic heterocycles. The van der Waals surface area contributed by atoms with Gasteiger partial charge in [-0.3, -0.25) is 9.59 Å². The van der Waals surface area contributed by atoms with Gasteiger partial charge < -0.3 is 15.2 Å². The molecule has 0 aliphatic carbocycles. The number of carbonyl (C=O) groups excluding carboxylic acids is 2. The Morgan fingerprint density at radius 1 is 1.26 bits per heavy atom. The van der Waals surface area contributed by atoms with Gasteiger partial charge in [-0.15, -0.1) is 0 Å². The Kier molecular flexibility index (Phi) is 3.65. The summed E-state index contributed by atoms with van der Waals surface area (Å²) in [6.07, 6.45) is 0. The molecule has 0 saturated carbocycles. The fourth-order valence-electron chi connectivity index (χ4n) is 1.52. The third-order valence-corrected chi connectivity index (χ3v) is 2.51. The highest BCUT2D eigenvalue weighted by molar-refractivity contribution is 6.34. The fraction of sp³-hybridized carbons (Fsp3) is 0.250. The van der Waals surface area contributed by atoms with E-state index in [0.29, 0.717) is 30.4 Å². The van der Waals surface area contributed by atoms with E-state index >= 15 is 0 Å². The lowest BCUT2D eigenvalue weighted by Gasteiger charge is -2.18. The van der Waals surface area contributed by atoms with Crippen molar-refractivity contribution in [1.29, 1.82) is 0 Å². The Bertz CT molecular complexity index is 554. The minimum atomic E-state index is -1.08. The van der Waals surface area contributed by atoms with E-state index < -0.39 is 11.8 Å². The molecule has 0 spiro atoms. The normalized spacial score (nSPS) is 13.8. The monoisotopic (exact) mass is 263 g/mol. The first kappa shape index (κ1) is 12.9. The van der Waals surface area contributed by atoms with E-state index in [2.05, 4.69) is 10.5 Å². The van der Waals surface area contributed by atoms with E-state index in [-0.39, 0.29) is 0 Å². The lowest BCUT2D eigenvalue weighted by atomic mass is 10.1. The van der Waals surface area contributed by atoms with Crippen LogP contribution in [0.2, 0.25) is 0 Å². The average molecular weight is 263 g/mol. The summed E-state index contributed by atoms with van der Waals surface area (Å²) in [6.45, 7) is 2.70. The molecular weight excluding hydrogens is 250 g/mol. The van der Waals surface area contributed by atoms with Crippen LogP contribution in [-0.2, 0) is 9.59 Å². The minimum absolute atomic E-state index is 0.491. The summed E-state index contributed by atoms with van der Waals surface area (Å²) in [6, 6.07) is 5.30. The first-order chi connectivity index (χ1) is 9.08. The maximum Gasteiger partial charge on any atom is 0.329 e. The van der Waals surface area contributed by atoms with Crippen LogP contribution >= 0.6 is 0 Å².